The highest BCUT2D eigenvalue weighted by Crippen LogP contribution is 2.53. The lowest BCUT2D eigenvalue weighted by atomic mass is 9.83. The number of thioether (sulfide) groups is 1. The summed E-state index contributed by atoms with van der Waals surface area (Å²) in [4.78, 5) is 43.4. The molecule has 8 heteroatoms. The summed E-state index contributed by atoms with van der Waals surface area (Å²) in [6.07, 6.45) is 0. The minimum atomic E-state index is -0.556. The molecular formula is C20H13BrN2O3S2. The van der Waals surface area contributed by atoms with Crippen molar-refractivity contribution in [2.75, 3.05) is 4.90 Å². The van der Waals surface area contributed by atoms with Crippen molar-refractivity contribution in [3.8, 4) is 0 Å². The molecular weight excluding hydrogens is 460 g/mol. The first-order valence-corrected chi connectivity index (χ1v) is 11.1. The Morgan fingerprint density at radius 3 is 2.36 bits per heavy atom. The molecule has 1 saturated heterocycles. The predicted octanol–water partition coefficient (Wildman–Crippen LogP) is 3.99. The summed E-state index contributed by atoms with van der Waals surface area (Å²) in [6, 6.07) is 16.7. The van der Waals surface area contributed by atoms with Gasteiger partial charge in [0.05, 0.1) is 16.6 Å². The van der Waals surface area contributed by atoms with Gasteiger partial charge in [-0.15, -0.1) is 0 Å². The minimum Gasteiger partial charge on any atom is -0.307 e. The highest BCUT2D eigenvalue weighted by molar-refractivity contribution is 9.10. The molecule has 1 N–H and O–H groups in total. The second-order valence-electron chi connectivity index (χ2n) is 6.65. The second kappa shape index (κ2) is 6.72. The van der Waals surface area contributed by atoms with Crippen LogP contribution < -0.4 is 9.77 Å². The number of hydrogen-bond acceptors (Lipinski definition) is 5. The number of thiazole rings is 1. The van der Waals surface area contributed by atoms with Crippen LogP contribution in [0.1, 0.15) is 16.4 Å². The van der Waals surface area contributed by atoms with Crippen LogP contribution in [0.25, 0.3) is 0 Å². The summed E-state index contributed by atoms with van der Waals surface area (Å²) in [7, 11) is 0. The van der Waals surface area contributed by atoms with Crippen LogP contribution in [0.4, 0.5) is 5.69 Å². The van der Waals surface area contributed by atoms with Crippen molar-refractivity contribution in [3.05, 3.63) is 79.2 Å². The highest BCUT2D eigenvalue weighted by Gasteiger charge is 2.56. The molecule has 3 heterocycles. The molecule has 5 nitrogen and oxygen atoms in total. The number of carbonyl (C=O) groups is 2. The van der Waals surface area contributed by atoms with E-state index in [1.165, 1.54) is 16.7 Å². The Balaban J connectivity index is 1.66. The minimum absolute atomic E-state index is 0.167. The van der Waals surface area contributed by atoms with Crippen LogP contribution in [0.2, 0.25) is 0 Å². The number of benzene rings is 2. The first-order valence-electron chi connectivity index (χ1n) is 8.62. The number of nitrogens with zero attached hydrogens (tertiary/aromatic N) is 1. The third-order valence-electron chi connectivity index (χ3n) is 5.07. The van der Waals surface area contributed by atoms with Crippen LogP contribution in [0, 0.1) is 5.92 Å². The lowest BCUT2D eigenvalue weighted by Crippen LogP contribution is -2.32. The van der Waals surface area contributed by atoms with Crippen molar-refractivity contribution >= 4 is 56.5 Å². The van der Waals surface area contributed by atoms with E-state index in [-0.39, 0.29) is 22.6 Å². The molecule has 2 amide bonds. The van der Waals surface area contributed by atoms with Gasteiger partial charge >= 0.3 is 4.87 Å². The normalized spacial score (nSPS) is 23.6. The number of hydrogen-bond donors (Lipinski definition) is 1. The van der Waals surface area contributed by atoms with Gasteiger partial charge in [0.25, 0.3) is 0 Å². The van der Waals surface area contributed by atoms with Crippen LogP contribution in [-0.4, -0.2) is 22.0 Å². The number of aromatic amines is 1. The van der Waals surface area contributed by atoms with E-state index >= 15 is 0 Å². The molecule has 2 aliphatic heterocycles. The van der Waals surface area contributed by atoms with Gasteiger partial charge in [-0.1, -0.05) is 69.4 Å². The molecule has 28 heavy (non-hydrogen) atoms. The largest absolute Gasteiger partial charge is 0.307 e. The molecule has 1 aromatic heterocycles. The topological polar surface area (TPSA) is 70.2 Å². The molecule has 0 bridgehead atoms. The number of carbonyl (C=O) groups excluding carboxylic acids is 2. The van der Waals surface area contributed by atoms with E-state index in [4.69, 9.17) is 0 Å². The summed E-state index contributed by atoms with van der Waals surface area (Å²) in [5.41, 5.74) is 1.50. The van der Waals surface area contributed by atoms with Crippen molar-refractivity contribution in [1.29, 1.82) is 0 Å². The van der Waals surface area contributed by atoms with Gasteiger partial charge in [0.1, 0.15) is 5.25 Å². The second-order valence-corrected chi connectivity index (χ2v) is 9.73. The van der Waals surface area contributed by atoms with Gasteiger partial charge in [0, 0.05) is 15.3 Å². The van der Waals surface area contributed by atoms with Gasteiger partial charge in [-0.2, -0.15) is 0 Å². The van der Waals surface area contributed by atoms with E-state index in [0.717, 1.165) is 26.3 Å². The number of rotatable bonds is 2. The number of anilines is 1. The van der Waals surface area contributed by atoms with Crippen molar-refractivity contribution in [2.24, 2.45) is 5.92 Å². The van der Waals surface area contributed by atoms with Crippen molar-refractivity contribution in [2.45, 2.75) is 16.2 Å². The lowest BCUT2D eigenvalue weighted by Gasteiger charge is -2.29. The number of para-hydroxylation sites is 1. The molecule has 140 valence electrons. The van der Waals surface area contributed by atoms with E-state index in [1.807, 2.05) is 42.5 Å². The maximum atomic E-state index is 13.4. The molecule has 5 rings (SSSR count). The van der Waals surface area contributed by atoms with Crippen LogP contribution in [0.5, 0.6) is 0 Å². The quantitative estimate of drug-likeness (QED) is 0.572. The van der Waals surface area contributed by atoms with Gasteiger partial charge in [-0.25, -0.2) is 4.90 Å². The molecule has 0 unspecified atom stereocenters. The summed E-state index contributed by atoms with van der Waals surface area (Å²) < 4.78 is 0.931. The van der Waals surface area contributed by atoms with E-state index in [0.29, 0.717) is 10.7 Å². The van der Waals surface area contributed by atoms with E-state index in [2.05, 4.69) is 20.9 Å². The fourth-order valence-electron chi connectivity index (χ4n) is 3.88. The zero-order valence-corrected chi connectivity index (χ0v) is 17.5. The molecule has 3 atom stereocenters. The van der Waals surface area contributed by atoms with Gasteiger partial charge in [0.2, 0.25) is 11.8 Å². The van der Waals surface area contributed by atoms with Gasteiger partial charge in [0.15, 0.2) is 0 Å². The van der Waals surface area contributed by atoms with Crippen molar-refractivity contribution in [1.82, 2.24) is 4.98 Å². The number of halogens is 1. The van der Waals surface area contributed by atoms with E-state index in [1.54, 1.807) is 12.1 Å². The number of imide groups is 1. The molecule has 0 spiro atoms. The van der Waals surface area contributed by atoms with Crippen molar-refractivity contribution < 1.29 is 9.59 Å². The predicted molar refractivity (Wildman–Crippen MR) is 113 cm³/mol. The number of H-pyrrole nitrogens is 1. The smallest absolute Gasteiger partial charge is 0.305 e. The molecule has 3 aromatic rings. The Bertz CT molecular complexity index is 1140. The molecule has 0 aliphatic carbocycles. The van der Waals surface area contributed by atoms with Gasteiger partial charge in [-0.3, -0.25) is 14.4 Å². The Hall–Kier alpha value is -2.16. The first kappa shape index (κ1) is 17.9. The third-order valence-corrected chi connectivity index (χ3v) is 8.00. The maximum absolute atomic E-state index is 13.4. The maximum Gasteiger partial charge on any atom is 0.305 e. The Labute approximate surface area is 176 Å². The Kier molecular flexibility index (Phi) is 4.30. The van der Waals surface area contributed by atoms with Crippen LogP contribution >= 0.6 is 39.0 Å². The average molecular weight is 473 g/mol. The van der Waals surface area contributed by atoms with Crippen LogP contribution in [0.15, 0.2) is 68.9 Å². The summed E-state index contributed by atoms with van der Waals surface area (Å²) in [5, 5.41) is 0.138. The zero-order chi connectivity index (χ0) is 19.4. The molecule has 0 radical (unpaired) electrons. The number of nitrogens with one attached hydrogen (secondary N) is 1. The molecule has 1 fully saturated rings. The summed E-state index contributed by atoms with van der Waals surface area (Å²) in [5.74, 6) is -1.32. The van der Waals surface area contributed by atoms with E-state index < -0.39 is 11.2 Å². The SMILES string of the molecule is O=C1[C@H]2[C@H](c3ccc(Br)cc3)c3sc(=O)[nH]c3S[C@H]2C(=O)N1c1ccccc1. The standard InChI is InChI=1S/C20H13BrN2O3S2/c21-11-8-6-10(7-9-11)13-14-16(27-17-15(13)28-20(26)22-17)19(25)23(18(14)24)12-4-2-1-3-5-12/h1-9,13-14,16H,(H,22,26)/t13-,14-,16+/m0/s1. The van der Waals surface area contributed by atoms with Crippen LogP contribution in [-0.2, 0) is 9.59 Å². The highest BCUT2D eigenvalue weighted by atomic mass is 79.9. The molecule has 2 aliphatic rings. The van der Waals surface area contributed by atoms with Crippen molar-refractivity contribution in [3.63, 3.8) is 0 Å². The Morgan fingerprint density at radius 2 is 1.64 bits per heavy atom. The lowest BCUT2D eigenvalue weighted by molar-refractivity contribution is -0.122. The third kappa shape index (κ3) is 2.70. The zero-order valence-electron chi connectivity index (χ0n) is 14.3. The van der Waals surface area contributed by atoms with Gasteiger partial charge < -0.3 is 4.98 Å². The first-order chi connectivity index (χ1) is 13.5. The summed E-state index contributed by atoms with van der Waals surface area (Å²) >= 11 is 5.85. The fourth-order valence-corrected chi connectivity index (χ4v) is 6.66. The number of fused-ring (bicyclic) bond motifs is 2. The monoisotopic (exact) mass is 472 g/mol. The Morgan fingerprint density at radius 1 is 0.929 bits per heavy atom. The summed E-state index contributed by atoms with van der Waals surface area (Å²) in [6.45, 7) is 0. The van der Waals surface area contributed by atoms with Gasteiger partial charge in [-0.05, 0) is 29.8 Å². The van der Waals surface area contributed by atoms with E-state index in [9.17, 15) is 14.4 Å². The average Bonchev–Trinajstić information content (AvgIpc) is 3.18. The number of amides is 2. The fraction of sp³-hybridized carbons (Fsp3) is 0.150. The van der Waals surface area contributed by atoms with Crippen LogP contribution in [0.3, 0.4) is 0 Å². The molecule has 0 saturated carbocycles. The number of aromatic nitrogens is 1. The molecule has 2 aromatic carbocycles.